The predicted octanol–water partition coefficient (Wildman–Crippen LogP) is -5.03. The van der Waals surface area contributed by atoms with Gasteiger partial charge in [-0.2, -0.15) is 0 Å². The molecular weight excluding hydrogens is 422 g/mol. The summed E-state index contributed by atoms with van der Waals surface area (Å²) in [5, 5.41) is 42.3. The van der Waals surface area contributed by atoms with Gasteiger partial charge in [0, 0.05) is 6.42 Å². The van der Waals surface area contributed by atoms with Crippen LogP contribution in [0.4, 0.5) is 0 Å². The Morgan fingerprint density at radius 1 is 0.903 bits per heavy atom. The topological polar surface area (TPSA) is 271 Å². The third-order valence-corrected chi connectivity index (χ3v) is 3.90. The summed E-state index contributed by atoms with van der Waals surface area (Å²) in [6.45, 7) is 0.138. The molecule has 0 aliphatic carbocycles. The average molecular weight is 449 g/mol. The van der Waals surface area contributed by atoms with E-state index in [1.54, 1.807) is 0 Å². The fraction of sp³-hybridized carbons (Fsp3) is 0.625. The minimum absolute atomic E-state index is 0.261. The molecule has 0 saturated heterocycles. The van der Waals surface area contributed by atoms with Gasteiger partial charge in [-0.3, -0.25) is 24.0 Å². The number of carbonyl (C=O) groups excluding carboxylic acids is 4. The lowest BCUT2D eigenvalue weighted by Gasteiger charge is -2.25. The number of hydrogen-bond acceptors (Lipinski definition) is 9. The van der Waals surface area contributed by atoms with Crippen LogP contribution in [0.5, 0.6) is 0 Å². The molecule has 0 aliphatic rings. The van der Waals surface area contributed by atoms with Crippen LogP contribution in [0.1, 0.15) is 26.2 Å². The Labute approximate surface area is 176 Å². The van der Waals surface area contributed by atoms with Crippen LogP contribution in [-0.2, 0) is 28.8 Å². The minimum Gasteiger partial charge on any atom is -0.481 e. The van der Waals surface area contributed by atoms with Crippen LogP contribution in [0.2, 0.25) is 0 Å². The Morgan fingerprint density at radius 2 is 1.45 bits per heavy atom. The number of carboxylic acid groups (broad SMARTS) is 2. The molecule has 5 unspecified atom stereocenters. The molecule has 0 saturated carbocycles. The second kappa shape index (κ2) is 13.1. The Bertz CT molecular complexity index is 698. The standard InChI is InChI=1S/C16H27N5O10/c1-6(23)12(15(29)20-9(5-22)16(30)31)21-14(28)8(4-10(18)24)19-13(27)7(17)2-3-11(25)26/h6-9,12,22-23H,2-5,17H2,1H3,(H2,18,24)(H,19,27)(H,20,29)(H,21,28)(H,25,26)(H,30,31). The van der Waals surface area contributed by atoms with Crippen LogP contribution in [0.25, 0.3) is 0 Å². The van der Waals surface area contributed by atoms with Gasteiger partial charge in [-0.25, -0.2) is 4.79 Å². The zero-order valence-electron chi connectivity index (χ0n) is 16.6. The van der Waals surface area contributed by atoms with Crippen molar-refractivity contribution in [3.05, 3.63) is 0 Å². The van der Waals surface area contributed by atoms with Crippen molar-refractivity contribution in [2.75, 3.05) is 6.61 Å². The van der Waals surface area contributed by atoms with E-state index in [-0.39, 0.29) is 6.42 Å². The van der Waals surface area contributed by atoms with E-state index < -0.39 is 85.3 Å². The number of carbonyl (C=O) groups is 6. The highest BCUT2D eigenvalue weighted by atomic mass is 16.4. The van der Waals surface area contributed by atoms with Gasteiger partial charge in [-0.05, 0) is 13.3 Å². The van der Waals surface area contributed by atoms with Crippen LogP contribution >= 0.6 is 0 Å². The molecule has 0 heterocycles. The van der Waals surface area contributed by atoms with Gasteiger partial charge < -0.3 is 47.8 Å². The Hall–Kier alpha value is -3.30. The highest BCUT2D eigenvalue weighted by Gasteiger charge is 2.33. The lowest BCUT2D eigenvalue weighted by Crippen LogP contribution is -2.60. The quantitative estimate of drug-likeness (QED) is 0.121. The monoisotopic (exact) mass is 449 g/mol. The first kappa shape index (κ1) is 27.7. The van der Waals surface area contributed by atoms with E-state index in [1.807, 2.05) is 5.32 Å². The normalized spacial score (nSPS) is 15.5. The summed E-state index contributed by atoms with van der Waals surface area (Å²) in [6.07, 6.45) is -2.95. The van der Waals surface area contributed by atoms with Gasteiger partial charge in [0.15, 0.2) is 0 Å². The SMILES string of the molecule is CC(O)C(NC(=O)C(CC(N)=O)NC(=O)C(N)CCC(=O)O)C(=O)NC(CO)C(=O)O. The molecule has 4 amide bonds. The number of aliphatic hydroxyl groups excluding tert-OH is 2. The second-order valence-electron chi connectivity index (χ2n) is 6.58. The molecule has 5 atom stereocenters. The summed E-state index contributed by atoms with van der Waals surface area (Å²) in [6, 6.07) is -6.37. The maximum absolute atomic E-state index is 12.5. The largest absolute Gasteiger partial charge is 0.481 e. The molecule has 15 heteroatoms. The molecule has 0 fully saturated rings. The first-order chi connectivity index (χ1) is 14.3. The molecule has 31 heavy (non-hydrogen) atoms. The van der Waals surface area contributed by atoms with E-state index in [1.165, 1.54) is 0 Å². The second-order valence-corrected chi connectivity index (χ2v) is 6.58. The molecule has 15 nitrogen and oxygen atoms in total. The van der Waals surface area contributed by atoms with Crippen molar-refractivity contribution >= 4 is 35.6 Å². The van der Waals surface area contributed by atoms with E-state index in [0.717, 1.165) is 6.92 Å². The van der Waals surface area contributed by atoms with Crippen LogP contribution in [0, 0.1) is 0 Å². The molecule has 176 valence electrons. The smallest absolute Gasteiger partial charge is 0.328 e. The number of aliphatic carboxylic acids is 2. The van der Waals surface area contributed by atoms with E-state index in [0.29, 0.717) is 0 Å². The molecule has 0 radical (unpaired) electrons. The van der Waals surface area contributed by atoms with Crippen LogP contribution in [0.3, 0.4) is 0 Å². The average Bonchev–Trinajstić information content (AvgIpc) is 2.66. The molecular formula is C16H27N5O10. The van der Waals surface area contributed by atoms with E-state index >= 15 is 0 Å². The number of rotatable bonds is 14. The zero-order valence-corrected chi connectivity index (χ0v) is 16.6. The van der Waals surface area contributed by atoms with Crippen LogP contribution in [0.15, 0.2) is 0 Å². The van der Waals surface area contributed by atoms with Crippen molar-refractivity contribution in [1.29, 1.82) is 0 Å². The molecule has 0 bridgehead atoms. The zero-order chi connectivity index (χ0) is 24.3. The summed E-state index contributed by atoms with van der Waals surface area (Å²) in [5.41, 5.74) is 10.6. The Balaban J connectivity index is 5.33. The molecule has 0 rings (SSSR count). The van der Waals surface area contributed by atoms with Crippen molar-refractivity contribution in [1.82, 2.24) is 16.0 Å². The van der Waals surface area contributed by atoms with Crippen molar-refractivity contribution in [3.8, 4) is 0 Å². The summed E-state index contributed by atoms with van der Waals surface area (Å²) in [5.74, 6) is -7.04. The van der Waals surface area contributed by atoms with Gasteiger partial charge in [0.1, 0.15) is 18.1 Å². The van der Waals surface area contributed by atoms with E-state index in [9.17, 15) is 33.9 Å². The molecule has 0 aromatic heterocycles. The first-order valence-corrected chi connectivity index (χ1v) is 8.98. The third kappa shape index (κ3) is 10.3. The molecule has 0 aromatic carbocycles. The van der Waals surface area contributed by atoms with Gasteiger partial charge in [0.2, 0.25) is 23.6 Å². The molecule has 11 N–H and O–H groups in total. The van der Waals surface area contributed by atoms with Gasteiger partial charge in [0.25, 0.3) is 0 Å². The molecule has 0 aliphatic heterocycles. The number of hydrogen-bond donors (Lipinski definition) is 9. The number of nitrogens with one attached hydrogen (secondary N) is 3. The lowest BCUT2D eigenvalue weighted by atomic mass is 10.1. The fourth-order valence-electron chi connectivity index (χ4n) is 2.21. The van der Waals surface area contributed by atoms with Crippen molar-refractivity contribution in [3.63, 3.8) is 0 Å². The van der Waals surface area contributed by atoms with Crippen molar-refractivity contribution in [2.24, 2.45) is 11.5 Å². The minimum atomic E-state index is -1.71. The summed E-state index contributed by atoms with van der Waals surface area (Å²) >= 11 is 0. The van der Waals surface area contributed by atoms with E-state index in [4.69, 9.17) is 26.8 Å². The van der Waals surface area contributed by atoms with Gasteiger partial charge in [-0.15, -0.1) is 0 Å². The molecule has 0 spiro atoms. The summed E-state index contributed by atoms with van der Waals surface area (Å²) in [7, 11) is 0. The van der Waals surface area contributed by atoms with Gasteiger partial charge >= 0.3 is 11.9 Å². The fourth-order valence-corrected chi connectivity index (χ4v) is 2.21. The maximum atomic E-state index is 12.5. The highest BCUT2D eigenvalue weighted by molar-refractivity contribution is 5.96. The molecule has 0 aromatic rings. The van der Waals surface area contributed by atoms with Crippen LogP contribution in [-0.4, -0.2) is 92.9 Å². The van der Waals surface area contributed by atoms with E-state index in [2.05, 4.69) is 10.6 Å². The maximum Gasteiger partial charge on any atom is 0.328 e. The van der Waals surface area contributed by atoms with Gasteiger partial charge in [-0.1, -0.05) is 0 Å². The summed E-state index contributed by atoms with van der Waals surface area (Å²) in [4.78, 5) is 69.5. The van der Waals surface area contributed by atoms with Crippen LogP contribution < -0.4 is 27.4 Å². The first-order valence-electron chi connectivity index (χ1n) is 8.98. The lowest BCUT2D eigenvalue weighted by molar-refractivity contribution is -0.144. The van der Waals surface area contributed by atoms with Crippen molar-refractivity contribution in [2.45, 2.75) is 56.5 Å². The number of amides is 4. The Kier molecular flexibility index (Phi) is 11.7. The van der Waals surface area contributed by atoms with Crippen molar-refractivity contribution < 1.29 is 49.2 Å². The number of primary amides is 1. The summed E-state index contributed by atoms with van der Waals surface area (Å²) < 4.78 is 0. The highest BCUT2D eigenvalue weighted by Crippen LogP contribution is 2.01. The predicted molar refractivity (Wildman–Crippen MR) is 101 cm³/mol. The third-order valence-electron chi connectivity index (χ3n) is 3.90. The number of carboxylic acids is 2. The van der Waals surface area contributed by atoms with Gasteiger partial charge in [0.05, 0.1) is 25.2 Å². The number of aliphatic hydroxyl groups is 2. The number of nitrogens with two attached hydrogens (primary N) is 2. The Morgan fingerprint density at radius 3 is 1.87 bits per heavy atom.